The van der Waals surface area contributed by atoms with E-state index in [1.807, 2.05) is 0 Å². The Morgan fingerprint density at radius 2 is 1.65 bits per heavy atom. The summed E-state index contributed by atoms with van der Waals surface area (Å²) in [6, 6.07) is 0. The molecule has 1 fully saturated rings. The fourth-order valence-electron chi connectivity index (χ4n) is 3.18. The average Bonchev–Trinajstić information content (AvgIpc) is 2.77. The van der Waals surface area contributed by atoms with Gasteiger partial charge in [0.1, 0.15) is 0 Å². The molecule has 2 nitrogen and oxygen atoms in total. The fourth-order valence-corrected chi connectivity index (χ4v) is 3.18. The zero-order valence-corrected chi connectivity index (χ0v) is 12.0. The summed E-state index contributed by atoms with van der Waals surface area (Å²) in [5.74, 6) is 0.354. The third-order valence-corrected chi connectivity index (χ3v) is 4.30. The third kappa shape index (κ3) is 4.26. The minimum Gasteiger partial charge on any atom is -0.353 e. The second-order valence-electron chi connectivity index (χ2n) is 5.37. The molecule has 1 aliphatic rings. The van der Waals surface area contributed by atoms with Gasteiger partial charge in [-0.05, 0) is 19.3 Å². The molecule has 0 heterocycles. The SMILES string of the molecule is CCCCCCCCC1CCCC1(OC)OC. The molecule has 0 aromatic heterocycles. The van der Waals surface area contributed by atoms with E-state index in [0.29, 0.717) is 5.92 Å². The van der Waals surface area contributed by atoms with Gasteiger partial charge in [-0.2, -0.15) is 0 Å². The Labute approximate surface area is 107 Å². The van der Waals surface area contributed by atoms with E-state index < -0.39 is 0 Å². The summed E-state index contributed by atoms with van der Waals surface area (Å²) in [4.78, 5) is 0. The summed E-state index contributed by atoms with van der Waals surface area (Å²) in [7, 11) is 3.59. The number of rotatable bonds is 9. The van der Waals surface area contributed by atoms with Crippen molar-refractivity contribution in [3.05, 3.63) is 0 Å². The quantitative estimate of drug-likeness (QED) is 0.437. The van der Waals surface area contributed by atoms with Gasteiger partial charge in [-0.25, -0.2) is 0 Å². The lowest BCUT2D eigenvalue weighted by molar-refractivity contribution is -0.228. The molecule has 0 aromatic rings. The normalized spacial score (nSPS) is 23.1. The molecular weight excluding hydrogens is 212 g/mol. The van der Waals surface area contributed by atoms with Crippen LogP contribution < -0.4 is 0 Å². The third-order valence-electron chi connectivity index (χ3n) is 4.30. The van der Waals surface area contributed by atoms with E-state index in [2.05, 4.69) is 6.92 Å². The fraction of sp³-hybridized carbons (Fsp3) is 1.00. The van der Waals surface area contributed by atoms with Gasteiger partial charge in [0.05, 0.1) is 0 Å². The largest absolute Gasteiger partial charge is 0.353 e. The van der Waals surface area contributed by atoms with Gasteiger partial charge in [0, 0.05) is 26.6 Å². The van der Waals surface area contributed by atoms with Crippen LogP contribution in [-0.2, 0) is 9.47 Å². The standard InChI is InChI=1S/C15H30O2/c1-4-5-6-7-8-9-11-14-12-10-13-15(14,16-2)17-3/h14H,4-13H2,1-3H3. The van der Waals surface area contributed by atoms with Gasteiger partial charge in [-0.1, -0.05) is 45.4 Å². The molecule has 0 radical (unpaired) electrons. The molecule has 0 bridgehead atoms. The Morgan fingerprint density at radius 3 is 2.29 bits per heavy atom. The van der Waals surface area contributed by atoms with Crippen LogP contribution in [0.1, 0.15) is 71.1 Å². The summed E-state index contributed by atoms with van der Waals surface area (Å²) in [6.07, 6.45) is 13.1. The highest BCUT2D eigenvalue weighted by molar-refractivity contribution is 4.86. The molecule has 0 N–H and O–H groups in total. The average molecular weight is 242 g/mol. The lowest BCUT2D eigenvalue weighted by atomic mass is 9.94. The summed E-state index contributed by atoms with van der Waals surface area (Å²) in [5, 5.41) is 0. The van der Waals surface area contributed by atoms with Gasteiger partial charge < -0.3 is 9.47 Å². The molecule has 17 heavy (non-hydrogen) atoms. The maximum atomic E-state index is 5.63. The van der Waals surface area contributed by atoms with Crippen molar-refractivity contribution in [2.24, 2.45) is 5.92 Å². The predicted octanol–water partition coefficient (Wildman–Crippen LogP) is 4.53. The number of unbranched alkanes of at least 4 members (excludes halogenated alkanes) is 5. The van der Waals surface area contributed by atoms with Crippen LogP contribution in [0.5, 0.6) is 0 Å². The van der Waals surface area contributed by atoms with E-state index in [-0.39, 0.29) is 5.79 Å². The lowest BCUT2D eigenvalue weighted by Crippen LogP contribution is -2.37. The van der Waals surface area contributed by atoms with Crippen molar-refractivity contribution >= 4 is 0 Å². The molecule has 0 aliphatic heterocycles. The maximum absolute atomic E-state index is 5.63. The van der Waals surface area contributed by atoms with E-state index in [9.17, 15) is 0 Å². The molecule has 0 amide bonds. The molecule has 1 aliphatic carbocycles. The van der Waals surface area contributed by atoms with Crippen LogP contribution in [0.2, 0.25) is 0 Å². The van der Waals surface area contributed by atoms with Gasteiger partial charge in [0.15, 0.2) is 5.79 Å². The van der Waals surface area contributed by atoms with Crippen LogP contribution in [0, 0.1) is 5.92 Å². The lowest BCUT2D eigenvalue weighted by Gasteiger charge is -2.32. The summed E-state index contributed by atoms with van der Waals surface area (Å²) in [6.45, 7) is 2.27. The molecule has 0 spiro atoms. The van der Waals surface area contributed by atoms with Crippen molar-refractivity contribution in [1.82, 2.24) is 0 Å². The van der Waals surface area contributed by atoms with Crippen molar-refractivity contribution in [3.63, 3.8) is 0 Å². The summed E-state index contributed by atoms with van der Waals surface area (Å²) >= 11 is 0. The van der Waals surface area contributed by atoms with Crippen LogP contribution in [-0.4, -0.2) is 20.0 Å². The monoisotopic (exact) mass is 242 g/mol. The highest BCUT2D eigenvalue weighted by Crippen LogP contribution is 2.41. The molecule has 102 valence electrons. The Hall–Kier alpha value is -0.0800. The number of ether oxygens (including phenoxy) is 2. The first-order valence-electron chi connectivity index (χ1n) is 7.39. The molecule has 1 unspecified atom stereocenters. The number of methoxy groups -OCH3 is 2. The number of hydrogen-bond donors (Lipinski definition) is 0. The van der Waals surface area contributed by atoms with E-state index >= 15 is 0 Å². The minimum absolute atomic E-state index is 0.260. The maximum Gasteiger partial charge on any atom is 0.170 e. The van der Waals surface area contributed by atoms with Crippen LogP contribution >= 0.6 is 0 Å². The van der Waals surface area contributed by atoms with E-state index in [1.54, 1.807) is 14.2 Å². The highest BCUT2D eigenvalue weighted by atomic mass is 16.7. The van der Waals surface area contributed by atoms with Gasteiger partial charge in [0.2, 0.25) is 0 Å². The first-order valence-corrected chi connectivity index (χ1v) is 7.39. The van der Waals surface area contributed by atoms with Gasteiger partial charge in [-0.15, -0.1) is 0 Å². The minimum atomic E-state index is -0.260. The highest BCUT2D eigenvalue weighted by Gasteiger charge is 2.42. The van der Waals surface area contributed by atoms with Crippen LogP contribution in [0.25, 0.3) is 0 Å². The van der Waals surface area contributed by atoms with Crippen molar-refractivity contribution < 1.29 is 9.47 Å². The van der Waals surface area contributed by atoms with Gasteiger partial charge >= 0.3 is 0 Å². The molecular formula is C15H30O2. The predicted molar refractivity (Wildman–Crippen MR) is 72.1 cm³/mol. The Bertz CT molecular complexity index is 187. The molecule has 1 rings (SSSR count). The van der Waals surface area contributed by atoms with Crippen LogP contribution in [0.15, 0.2) is 0 Å². The molecule has 2 heteroatoms. The summed E-state index contributed by atoms with van der Waals surface area (Å²) < 4.78 is 11.3. The van der Waals surface area contributed by atoms with E-state index in [4.69, 9.17) is 9.47 Å². The van der Waals surface area contributed by atoms with Gasteiger partial charge in [0.25, 0.3) is 0 Å². The first-order chi connectivity index (χ1) is 8.29. The number of hydrogen-bond acceptors (Lipinski definition) is 2. The molecule has 0 saturated heterocycles. The second-order valence-corrected chi connectivity index (χ2v) is 5.37. The molecule has 0 aromatic carbocycles. The smallest absolute Gasteiger partial charge is 0.170 e. The van der Waals surface area contributed by atoms with Crippen molar-refractivity contribution in [2.75, 3.05) is 14.2 Å². The van der Waals surface area contributed by atoms with E-state index in [1.165, 1.54) is 57.8 Å². The first kappa shape index (κ1) is 15.0. The van der Waals surface area contributed by atoms with Crippen LogP contribution in [0.3, 0.4) is 0 Å². The zero-order valence-electron chi connectivity index (χ0n) is 12.0. The van der Waals surface area contributed by atoms with E-state index in [0.717, 1.165) is 6.42 Å². The molecule has 1 saturated carbocycles. The second kappa shape index (κ2) is 8.10. The Balaban J connectivity index is 2.17. The Kier molecular flexibility index (Phi) is 7.14. The Morgan fingerprint density at radius 1 is 1.00 bits per heavy atom. The van der Waals surface area contributed by atoms with Crippen LogP contribution in [0.4, 0.5) is 0 Å². The van der Waals surface area contributed by atoms with Crippen molar-refractivity contribution in [2.45, 2.75) is 76.9 Å². The molecule has 1 atom stereocenters. The van der Waals surface area contributed by atoms with Crippen molar-refractivity contribution in [3.8, 4) is 0 Å². The van der Waals surface area contributed by atoms with Crippen molar-refractivity contribution in [1.29, 1.82) is 0 Å². The van der Waals surface area contributed by atoms with Gasteiger partial charge in [-0.3, -0.25) is 0 Å². The summed E-state index contributed by atoms with van der Waals surface area (Å²) in [5.41, 5.74) is 0. The topological polar surface area (TPSA) is 18.5 Å². The zero-order chi connectivity index (χ0) is 12.6.